The predicted molar refractivity (Wildman–Crippen MR) is 138 cm³/mol. The average molecular weight is 580 g/mol. The van der Waals surface area contributed by atoms with E-state index in [1.165, 1.54) is 23.9 Å². The van der Waals surface area contributed by atoms with Crippen molar-refractivity contribution < 1.29 is 48.0 Å². The van der Waals surface area contributed by atoms with Crippen LogP contribution in [-0.2, 0) is 22.6 Å². The number of nitrogens with zero attached hydrogens (tertiary/aromatic N) is 2. The number of fused-ring (bicyclic) bond motifs is 3. The fourth-order valence-corrected chi connectivity index (χ4v) is 6.77. The van der Waals surface area contributed by atoms with Crippen molar-refractivity contribution in [1.82, 2.24) is 9.80 Å². The molecule has 0 unspecified atom stereocenters. The molecule has 0 saturated heterocycles. The van der Waals surface area contributed by atoms with Crippen LogP contribution in [0.15, 0.2) is 28.7 Å². The molecule has 0 aromatic heterocycles. The monoisotopic (exact) mass is 579 g/mol. The second-order valence-corrected chi connectivity index (χ2v) is 11.7. The summed E-state index contributed by atoms with van der Waals surface area (Å²) >= 11 is 0. The fraction of sp³-hybridized carbons (Fsp3) is 0.536. The lowest BCUT2D eigenvalue weighted by molar-refractivity contribution is -0.148. The van der Waals surface area contributed by atoms with Gasteiger partial charge in [-0.2, -0.15) is 0 Å². The van der Waals surface area contributed by atoms with Gasteiger partial charge in [0.1, 0.15) is 28.7 Å². The molecular weight excluding hydrogens is 547 g/mol. The van der Waals surface area contributed by atoms with Crippen LogP contribution in [0.2, 0.25) is 0 Å². The quantitative estimate of drug-likeness (QED) is 0.289. The number of aliphatic hydroxyl groups is 3. The van der Waals surface area contributed by atoms with Gasteiger partial charge in [-0.05, 0) is 57.7 Å². The van der Waals surface area contributed by atoms with Crippen molar-refractivity contribution in [2.75, 3.05) is 27.2 Å². The Morgan fingerprint density at radius 3 is 2.41 bits per heavy atom. The van der Waals surface area contributed by atoms with Crippen LogP contribution in [0.4, 0.5) is 13.2 Å². The number of Topliss-reactive ketones (excluding diaryl/α,β-unsaturated/α-hetero) is 2. The summed E-state index contributed by atoms with van der Waals surface area (Å²) in [7, 11) is 3.01. The van der Waals surface area contributed by atoms with Crippen molar-refractivity contribution >= 4 is 17.5 Å². The van der Waals surface area contributed by atoms with Gasteiger partial charge in [0, 0.05) is 35.7 Å². The van der Waals surface area contributed by atoms with Gasteiger partial charge in [0.15, 0.2) is 11.4 Å². The van der Waals surface area contributed by atoms with E-state index in [0.29, 0.717) is 6.54 Å². The lowest BCUT2D eigenvalue weighted by atomic mass is 9.58. The van der Waals surface area contributed by atoms with Crippen molar-refractivity contribution in [2.45, 2.75) is 50.3 Å². The molecule has 1 saturated carbocycles. The summed E-state index contributed by atoms with van der Waals surface area (Å²) in [6.45, 7) is -0.455. The lowest BCUT2D eigenvalue weighted by Crippen LogP contribution is -2.63. The number of benzene rings is 1. The number of likely N-dealkylation sites (N-methyl/N-ethyl adjacent to an activating group) is 1. The van der Waals surface area contributed by atoms with Gasteiger partial charge in [-0.25, -0.2) is 13.2 Å². The third-order valence-corrected chi connectivity index (χ3v) is 8.73. The minimum atomic E-state index is -2.79. The summed E-state index contributed by atoms with van der Waals surface area (Å²) in [5.74, 6) is -8.88. The van der Waals surface area contributed by atoms with Crippen LogP contribution in [0.25, 0.3) is 0 Å². The Morgan fingerprint density at radius 1 is 1.20 bits per heavy atom. The number of aromatic hydroxyl groups is 1. The number of hydrogen-bond donors (Lipinski definition) is 5. The maximum atomic E-state index is 15.9. The number of allylic oxidation sites excluding steroid dienone is 1. The first kappa shape index (κ1) is 29.1. The maximum absolute atomic E-state index is 15.9. The second-order valence-electron chi connectivity index (χ2n) is 11.7. The molecule has 0 spiro atoms. The van der Waals surface area contributed by atoms with E-state index >= 15 is 4.39 Å². The standard InChI is InChI=1S/C28H32F3N3O7/c1-33(2)22-15-6-12-5-14-19(16(35)7-13(21(14)31)9-34(10-17(29)30)8-11-3-4-11)23(36)18(12)25(38)28(15,41)26(39)20(24(22)37)27(32)40/h7,11-12,15,17,22,35,37-38,41H,3-6,8-10H2,1-2H3,(H2,32,40)/t12-,15-,22-,28-/m0/s1. The summed E-state index contributed by atoms with van der Waals surface area (Å²) in [5.41, 5.74) is 0.499. The number of rotatable bonds is 8. The zero-order valence-electron chi connectivity index (χ0n) is 22.5. The highest BCUT2D eigenvalue weighted by Crippen LogP contribution is 2.52. The maximum Gasteiger partial charge on any atom is 0.255 e. The van der Waals surface area contributed by atoms with E-state index in [1.54, 1.807) is 0 Å². The van der Waals surface area contributed by atoms with E-state index in [1.807, 2.05) is 0 Å². The molecule has 10 nitrogen and oxygen atoms in total. The number of nitrogens with two attached hydrogens (primary N) is 1. The zero-order valence-corrected chi connectivity index (χ0v) is 22.5. The van der Waals surface area contributed by atoms with Crippen LogP contribution >= 0.6 is 0 Å². The Morgan fingerprint density at radius 2 is 1.85 bits per heavy atom. The molecule has 4 aliphatic carbocycles. The zero-order chi connectivity index (χ0) is 30.1. The van der Waals surface area contributed by atoms with E-state index in [-0.39, 0.29) is 36.4 Å². The molecule has 13 heteroatoms. The molecule has 0 bridgehead atoms. The van der Waals surface area contributed by atoms with Crippen LogP contribution < -0.4 is 5.73 Å². The van der Waals surface area contributed by atoms with Gasteiger partial charge in [0.05, 0.1) is 18.2 Å². The van der Waals surface area contributed by atoms with Crippen LogP contribution in [0.1, 0.15) is 40.7 Å². The van der Waals surface area contributed by atoms with Crippen molar-refractivity contribution in [2.24, 2.45) is 23.5 Å². The molecule has 0 heterocycles. The number of carbonyl (C=O) groups is 3. The van der Waals surface area contributed by atoms with Crippen LogP contribution in [-0.4, -0.2) is 93.0 Å². The highest BCUT2D eigenvalue weighted by Gasteiger charge is 2.63. The van der Waals surface area contributed by atoms with Crippen molar-refractivity contribution in [3.63, 3.8) is 0 Å². The van der Waals surface area contributed by atoms with E-state index in [9.17, 15) is 43.6 Å². The van der Waals surface area contributed by atoms with Gasteiger partial charge in [0.25, 0.3) is 12.3 Å². The third kappa shape index (κ3) is 4.59. The molecule has 1 fully saturated rings. The van der Waals surface area contributed by atoms with Gasteiger partial charge < -0.3 is 26.2 Å². The van der Waals surface area contributed by atoms with Crippen LogP contribution in [0.3, 0.4) is 0 Å². The number of primary amides is 1. The number of ketones is 2. The molecule has 6 N–H and O–H groups in total. The van der Waals surface area contributed by atoms with Gasteiger partial charge in [-0.1, -0.05) is 0 Å². The summed E-state index contributed by atoms with van der Waals surface area (Å²) in [4.78, 5) is 41.8. The Hall–Kier alpha value is -3.42. The Labute approximate surface area is 233 Å². The van der Waals surface area contributed by atoms with Crippen molar-refractivity contribution in [1.29, 1.82) is 0 Å². The highest BCUT2D eigenvalue weighted by atomic mass is 19.3. The fourth-order valence-electron chi connectivity index (χ4n) is 6.77. The molecule has 1 aromatic carbocycles. The number of alkyl halides is 2. The summed E-state index contributed by atoms with van der Waals surface area (Å²) in [5, 5.41) is 44.5. The number of aliphatic hydroxyl groups excluding tert-OH is 2. The molecule has 1 amide bonds. The van der Waals surface area contributed by atoms with E-state index in [4.69, 9.17) is 5.73 Å². The normalized spacial score (nSPS) is 28.0. The molecular formula is C28H32F3N3O7. The van der Waals surface area contributed by atoms with Crippen molar-refractivity contribution in [3.8, 4) is 5.75 Å². The molecule has 0 radical (unpaired) electrons. The topological polar surface area (TPSA) is 165 Å². The number of phenols is 1. The summed E-state index contributed by atoms with van der Waals surface area (Å²) in [6.07, 6.45) is -1.27. The number of halogens is 3. The number of amides is 1. The highest BCUT2D eigenvalue weighted by molar-refractivity contribution is 6.24. The first-order chi connectivity index (χ1) is 19.2. The minimum absolute atomic E-state index is 0.0648. The molecule has 5 rings (SSSR count). The Balaban J connectivity index is 1.59. The van der Waals surface area contributed by atoms with Crippen LogP contribution in [0.5, 0.6) is 5.75 Å². The smallest absolute Gasteiger partial charge is 0.255 e. The third-order valence-electron chi connectivity index (χ3n) is 8.73. The lowest BCUT2D eigenvalue weighted by Gasteiger charge is -2.50. The van der Waals surface area contributed by atoms with Gasteiger partial charge >= 0.3 is 0 Å². The Kier molecular flexibility index (Phi) is 7.19. The number of carbonyl (C=O) groups excluding carboxylic acids is 3. The molecule has 222 valence electrons. The van der Waals surface area contributed by atoms with Gasteiger partial charge in [-0.15, -0.1) is 0 Å². The SMILES string of the molecule is CN(C)[C@@H]1C(O)=C(C(N)=O)C(=O)[C@@]2(O)C(O)=C3C(=O)c4c(O)cc(CN(CC(F)F)CC5CC5)c(F)c4C[C@H]3C[C@@H]12. The van der Waals surface area contributed by atoms with Crippen LogP contribution in [0, 0.1) is 23.6 Å². The molecule has 4 atom stereocenters. The first-order valence-corrected chi connectivity index (χ1v) is 13.4. The largest absolute Gasteiger partial charge is 0.510 e. The Bertz CT molecular complexity index is 1400. The second kappa shape index (κ2) is 10.1. The van der Waals surface area contributed by atoms with E-state index in [0.717, 1.165) is 18.9 Å². The summed E-state index contributed by atoms with van der Waals surface area (Å²) in [6, 6.07) is -0.175. The summed E-state index contributed by atoms with van der Waals surface area (Å²) < 4.78 is 42.3. The molecule has 1 aromatic rings. The minimum Gasteiger partial charge on any atom is -0.510 e. The molecule has 41 heavy (non-hydrogen) atoms. The van der Waals surface area contributed by atoms with Crippen molar-refractivity contribution in [3.05, 3.63) is 51.2 Å². The van der Waals surface area contributed by atoms with E-state index in [2.05, 4.69) is 0 Å². The predicted octanol–water partition coefficient (Wildman–Crippen LogP) is 1.74. The van der Waals surface area contributed by atoms with Gasteiger partial charge in [0.2, 0.25) is 5.78 Å². The van der Waals surface area contributed by atoms with Gasteiger partial charge in [-0.3, -0.25) is 24.2 Å². The number of phenolic OH excluding ortho intramolecular Hbond substituents is 1. The molecule has 0 aliphatic heterocycles. The molecule has 4 aliphatic rings. The number of hydrogen-bond acceptors (Lipinski definition) is 9. The van der Waals surface area contributed by atoms with E-state index < -0.39 is 93.7 Å². The average Bonchev–Trinajstić information content (AvgIpc) is 3.67. The first-order valence-electron chi connectivity index (χ1n) is 13.4.